The molecule has 84 valence electrons. The first kappa shape index (κ1) is 12.3. The van der Waals surface area contributed by atoms with Crippen LogP contribution in [0.2, 0.25) is 0 Å². The Morgan fingerprint density at radius 3 is 2.13 bits per heavy atom. The van der Waals surface area contributed by atoms with Crippen molar-refractivity contribution in [1.82, 2.24) is 0 Å². The van der Waals surface area contributed by atoms with Gasteiger partial charge in [-0.1, -0.05) is 30.3 Å². The Kier molecular flexibility index (Phi) is 3.03. The highest BCUT2D eigenvalue weighted by Gasteiger charge is 2.65. The fourth-order valence-corrected chi connectivity index (χ4v) is 1.75. The van der Waals surface area contributed by atoms with Gasteiger partial charge in [-0.25, -0.2) is 0 Å². The lowest BCUT2D eigenvalue weighted by atomic mass is 10.0. The molecule has 0 amide bonds. The zero-order chi connectivity index (χ0) is 10.4. The lowest BCUT2D eigenvalue weighted by molar-refractivity contribution is -0.152. The molecule has 1 aliphatic rings. The maximum atomic E-state index is 12.3. The van der Waals surface area contributed by atoms with Gasteiger partial charge in [0, 0.05) is 0 Å². The van der Waals surface area contributed by atoms with Gasteiger partial charge in [0.15, 0.2) is 0 Å². The highest BCUT2D eigenvalue weighted by molar-refractivity contribution is 5.85. The average Bonchev–Trinajstić information content (AvgIpc) is 2.81. The molecule has 2 N–H and O–H groups in total. The number of alkyl halides is 3. The van der Waals surface area contributed by atoms with Crippen LogP contribution in [-0.4, -0.2) is 6.18 Å². The van der Waals surface area contributed by atoms with Crippen LogP contribution in [0.4, 0.5) is 13.2 Å². The summed E-state index contributed by atoms with van der Waals surface area (Å²) in [6.07, 6.45) is -4.18. The first-order valence-electron chi connectivity index (χ1n) is 4.36. The predicted octanol–water partition coefficient (Wildman–Crippen LogP) is 2.84. The van der Waals surface area contributed by atoms with Crippen LogP contribution in [0, 0.1) is 5.92 Å². The van der Waals surface area contributed by atoms with Gasteiger partial charge in [0.1, 0.15) is 0 Å². The lowest BCUT2D eigenvalue weighted by Crippen LogP contribution is -2.28. The summed E-state index contributed by atoms with van der Waals surface area (Å²) in [6, 6.07) is 8.46. The van der Waals surface area contributed by atoms with Crippen molar-refractivity contribution in [2.45, 2.75) is 18.1 Å². The summed E-state index contributed by atoms with van der Waals surface area (Å²) < 4.78 is 37.0. The van der Waals surface area contributed by atoms with E-state index in [0.717, 1.165) is 0 Å². The Balaban J connectivity index is 0.00000112. The Bertz CT molecular complexity index is 338. The topological polar surface area (TPSA) is 26.0 Å². The van der Waals surface area contributed by atoms with Crippen LogP contribution >= 0.6 is 12.4 Å². The Labute approximate surface area is 91.9 Å². The summed E-state index contributed by atoms with van der Waals surface area (Å²) in [4.78, 5) is 0. The number of halogens is 4. The van der Waals surface area contributed by atoms with Crippen molar-refractivity contribution in [3.63, 3.8) is 0 Å². The lowest BCUT2D eigenvalue weighted by Gasteiger charge is -2.13. The van der Waals surface area contributed by atoms with Crippen LogP contribution < -0.4 is 5.73 Å². The van der Waals surface area contributed by atoms with Gasteiger partial charge in [-0.05, 0) is 12.0 Å². The van der Waals surface area contributed by atoms with Gasteiger partial charge in [0.25, 0.3) is 0 Å². The van der Waals surface area contributed by atoms with Gasteiger partial charge >= 0.3 is 6.18 Å². The largest absolute Gasteiger partial charge is 0.393 e. The molecule has 0 aromatic heterocycles. The van der Waals surface area contributed by atoms with Crippen molar-refractivity contribution in [2.24, 2.45) is 11.7 Å². The van der Waals surface area contributed by atoms with Crippen molar-refractivity contribution in [3.05, 3.63) is 35.9 Å². The molecule has 15 heavy (non-hydrogen) atoms. The van der Waals surface area contributed by atoms with Gasteiger partial charge in [-0.3, -0.25) is 0 Å². The van der Waals surface area contributed by atoms with E-state index in [9.17, 15) is 13.2 Å². The van der Waals surface area contributed by atoms with E-state index in [4.69, 9.17) is 5.73 Å². The molecule has 0 spiro atoms. The number of hydrogen-bond donors (Lipinski definition) is 1. The van der Waals surface area contributed by atoms with Crippen LogP contribution in [0.25, 0.3) is 0 Å². The van der Waals surface area contributed by atoms with E-state index in [1.54, 1.807) is 30.3 Å². The summed E-state index contributed by atoms with van der Waals surface area (Å²) in [5, 5.41) is 0. The smallest absolute Gasteiger partial charge is 0.321 e. The van der Waals surface area contributed by atoms with Crippen LogP contribution in [0.3, 0.4) is 0 Å². The number of nitrogens with two attached hydrogens (primary N) is 1. The minimum Gasteiger partial charge on any atom is -0.321 e. The van der Waals surface area contributed by atoms with Crippen molar-refractivity contribution in [3.8, 4) is 0 Å². The van der Waals surface area contributed by atoms with E-state index in [0.29, 0.717) is 5.56 Å². The molecule has 0 heterocycles. The molecular formula is C10H11ClF3N. The molecule has 1 nitrogen and oxygen atoms in total. The fourth-order valence-electron chi connectivity index (χ4n) is 1.75. The van der Waals surface area contributed by atoms with E-state index >= 15 is 0 Å². The van der Waals surface area contributed by atoms with Gasteiger partial charge in [-0.15, -0.1) is 12.4 Å². The van der Waals surface area contributed by atoms with Crippen molar-refractivity contribution >= 4 is 12.4 Å². The van der Waals surface area contributed by atoms with E-state index in [1.807, 2.05) is 0 Å². The van der Waals surface area contributed by atoms with Gasteiger partial charge < -0.3 is 5.73 Å². The monoisotopic (exact) mass is 237 g/mol. The second kappa shape index (κ2) is 3.68. The van der Waals surface area contributed by atoms with Gasteiger partial charge in [-0.2, -0.15) is 13.2 Å². The third kappa shape index (κ3) is 2.11. The summed E-state index contributed by atoms with van der Waals surface area (Å²) in [5.74, 6) is -1.38. The molecular weight excluding hydrogens is 227 g/mol. The van der Waals surface area contributed by atoms with Crippen molar-refractivity contribution in [1.29, 1.82) is 0 Å². The molecule has 0 unspecified atom stereocenters. The Hall–Kier alpha value is -0.740. The second-order valence-electron chi connectivity index (χ2n) is 3.70. The van der Waals surface area contributed by atoms with E-state index in [2.05, 4.69) is 0 Å². The average molecular weight is 238 g/mol. The van der Waals surface area contributed by atoms with Crippen LogP contribution in [0.5, 0.6) is 0 Å². The van der Waals surface area contributed by atoms with E-state index in [1.165, 1.54) is 0 Å². The normalized spacial score (nSPS) is 29.5. The third-order valence-electron chi connectivity index (χ3n) is 2.71. The number of hydrogen-bond acceptors (Lipinski definition) is 1. The van der Waals surface area contributed by atoms with Gasteiger partial charge in [0.05, 0.1) is 11.5 Å². The fraction of sp³-hybridized carbons (Fsp3) is 0.400. The molecule has 0 radical (unpaired) electrons. The maximum Gasteiger partial charge on any atom is 0.393 e. The summed E-state index contributed by atoms with van der Waals surface area (Å²) in [5.41, 5.74) is 5.07. The molecule has 1 aliphatic carbocycles. The molecule has 0 saturated heterocycles. The molecule has 2 rings (SSSR count). The van der Waals surface area contributed by atoms with E-state index < -0.39 is 17.6 Å². The molecule has 1 aromatic rings. The van der Waals surface area contributed by atoms with Crippen molar-refractivity contribution < 1.29 is 13.2 Å². The highest BCUT2D eigenvalue weighted by atomic mass is 35.5. The van der Waals surface area contributed by atoms with Crippen molar-refractivity contribution in [2.75, 3.05) is 0 Å². The SMILES string of the molecule is Cl.N[C@]1(c2ccccc2)C[C@@H]1C(F)(F)F. The maximum absolute atomic E-state index is 12.3. The second-order valence-corrected chi connectivity index (χ2v) is 3.70. The Morgan fingerprint density at radius 2 is 1.73 bits per heavy atom. The molecule has 1 aromatic carbocycles. The van der Waals surface area contributed by atoms with Crippen LogP contribution in [-0.2, 0) is 5.54 Å². The zero-order valence-electron chi connectivity index (χ0n) is 7.79. The van der Waals surface area contributed by atoms with Crippen LogP contribution in [0.1, 0.15) is 12.0 Å². The standard InChI is InChI=1S/C10H10F3N.ClH/c11-10(12,13)8-6-9(8,14)7-4-2-1-3-5-7;/h1-5,8H,6,14H2;1H/t8-,9-;/m0./s1. The molecule has 5 heteroatoms. The minimum atomic E-state index is -4.18. The zero-order valence-corrected chi connectivity index (χ0v) is 8.61. The summed E-state index contributed by atoms with van der Waals surface area (Å²) >= 11 is 0. The minimum absolute atomic E-state index is 0. The molecule has 2 atom stereocenters. The highest BCUT2D eigenvalue weighted by Crippen LogP contribution is 2.57. The quantitative estimate of drug-likeness (QED) is 0.799. The molecule has 1 fully saturated rings. The Morgan fingerprint density at radius 1 is 1.20 bits per heavy atom. The number of benzene rings is 1. The predicted molar refractivity (Wildman–Crippen MR) is 53.7 cm³/mol. The first-order chi connectivity index (χ1) is 6.44. The first-order valence-corrected chi connectivity index (χ1v) is 4.36. The van der Waals surface area contributed by atoms with Gasteiger partial charge in [0.2, 0.25) is 0 Å². The third-order valence-corrected chi connectivity index (χ3v) is 2.71. The summed E-state index contributed by atoms with van der Waals surface area (Å²) in [6.45, 7) is 0. The summed E-state index contributed by atoms with van der Waals surface area (Å²) in [7, 11) is 0. The number of rotatable bonds is 1. The molecule has 0 bridgehead atoms. The molecule has 1 saturated carbocycles. The molecule has 0 aliphatic heterocycles. The van der Waals surface area contributed by atoms with Crippen LogP contribution in [0.15, 0.2) is 30.3 Å². The van der Waals surface area contributed by atoms with E-state index in [-0.39, 0.29) is 18.8 Å².